The first-order valence-corrected chi connectivity index (χ1v) is 5.45. The van der Waals surface area contributed by atoms with Crippen molar-refractivity contribution in [2.75, 3.05) is 0 Å². The van der Waals surface area contributed by atoms with Crippen LogP contribution >= 0.6 is 25.3 Å². The molecule has 0 fully saturated rings. The van der Waals surface area contributed by atoms with Crippen LogP contribution < -0.4 is 0 Å². The molecule has 2 nitrogen and oxygen atoms in total. The lowest BCUT2D eigenvalue weighted by Crippen LogP contribution is -2.29. The third-order valence-corrected chi connectivity index (χ3v) is 2.09. The van der Waals surface area contributed by atoms with Gasteiger partial charge in [-0.25, -0.2) is 0 Å². The standard InChI is InChI=1S/C9H18O2S2/c1-4-5-6-7(12)11-8(10)9(2,3)13/h7,12-13H,4-6H2,1-3H3. The minimum absolute atomic E-state index is 0.293. The molecule has 0 aromatic carbocycles. The van der Waals surface area contributed by atoms with Gasteiger partial charge in [-0.2, -0.15) is 12.6 Å². The van der Waals surface area contributed by atoms with Gasteiger partial charge in [0.1, 0.15) is 10.2 Å². The highest BCUT2D eigenvalue weighted by Crippen LogP contribution is 2.18. The van der Waals surface area contributed by atoms with Gasteiger partial charge in [0, 0.05) is 0 Å². The van der Waals surface area contributed by atoms with Crippen LogP contribution in [-0.2, 0) is 9.53 Å². The van der Waals surface area contributed by atoms with Crippen LogP contribution in [0.3, 0.4) is 0 Å². The smallest absolute Gasteiger partial charge is 0.322 e. The van der Waals surface area contributed by atoms with Crippen LogP contribution in [0.15, 0.2) is 0 Å². The first kappa shape index (κ1) is 13.2. The van der Waals surface area contributed by atoms with E-state index in [1.54, 1.807) is 13.8 Å². The van der Waals surface area contributed by atoms with Gasteiger partial charge < -0.3 is 4.74 Å². The van der Waals surface area contributed by atoms with Crippen molar-refractivity contribution in [3.05, 3.63) is 0 Å². The van der Waals surface area contributed by atoms with Gasteiger partial charge in [-0.05, 0) is 26.7 Å². The zero-order chi connectivity index (χ0) is 10.5. The highest BCUT2D eigenvalue weighted by atomic mass is 32.1. The van der Waals surface area contributed by atoms with E-state index in [0.717, 1.165) is 19.3 Å². The van der Waals surface area contributed by atoms with Gasteiger partial charge in [-0.1, -0.05) is 13.3 Å². The monoisotopic (exact) mass is 222 g/mol. The molecule has 78 valence electrons. The van der Waals surface area contributed by atoms with Crippen molar-refractivity contribution in [1.29, 1.82) is 0 Å². The molecule has 1 atom stereocenters. The minimum atomic E-state index is -0.729. The molecule has 0 aliphatic carbocycles. The third-order valence-electron chi connectivity index (χ3n) is 1.55. The van der Waals surface area contributed by atoms with Gasteiger partial charge in [-0.15, -0.1) is 12.6 Å². The fourth-order valence-corrected chi connectivity index (χ4v) is 1.04. The molecule has 0 saturated heterocycles. The van der Waals surface area contributed by atoms with E-state index in [4.69, 9.17) is 4.74 Å². The average molecular weight is 222 g/mol. The zero-order valence-electron chi connectivity index (χ0n) is 8.41. The van der Waals surface area contributed by atoms with Crippen LogP contribution in [0, 0.1) is 0 Å². The van der Waals surface area contributed by atoms with Crippen LogP contribution in [0.2, 0.25) is 0 Å². The molecule has 0 aromatic heterocycles. The molecule has 0 radical (unpaired) electrons. The Kier molecular flexibility index (Phi) is 5.88. The molecule has 0 spiro atoms. The summed E-state index contributed by atoms with van der Waals surface area (Å²) in [7, 11) is 0. The predicted molar refractivity (Wildman–Crippen MR) is 61.5 cm³/mol. The number of carbonyl (C=O) groups is 1. The van der Waals surface area contributed by atoms with E-state index in [0.29, 0.717) is 0 Å². The first-order chi connectivity index (χ1) is 5.88. The third kappa shape index (κ3) is 6.27. The molecule has 0 aliphatic rings. The van der Waals surface area contributed by atoms with E-state index in [9.17, 15) is 4.79 Å². The van der Waals surface area contributed by atoms with E-state index < -0.39 is 4.75 Å². The second-order valence-corrected chi connectivity index (χ2v) is 5.26. The van der Waals surface area contributed by atoms with Gasteiger partial charge in [0.2, 0.25) is 0 Å². The normalized spacial score (nSPS) is 13.9. The van der Waals surface area contributed by atoms with Gasteiger partial charge in [0.05, 0.1) is 0 Å². The molecule has 13 heavy (non-hydrogen) atoms. The maximum absolute atomic E-state index is 11.3. The lowest BCUT2D eigenvalue weighted by molar-refractivity contribution is -0.147. The maximum atomic E-state index is 11.3. The van der Waals surface area contributed by atoms with E-state index in [-0.39, 0.29) is 11.4 Å². The molecule has 0 heterocycles. The second kappa shape index (κ2) is 5.81. The summed E-state index contributed by atoms with van der Waals surface area (Å²) in [5.41, 5.74) is -0.293. The average Bonchev–Trinajstić information content (AvgIpc) is 1.99. The van der Waals surface area contributed by atoms with E-state index >= 15 is 0 Å². The predicted octanol–water partition coefficient (Wildman–Crippen LogP) is 2.68. The summed E-state index contributed by atoms with van der Waals surface area (Å²) in [6, 6.07) is 0. The van der Waals surface area contributed by atoms with Gasteiger partial charge in [0.15, 0.2) is 0 Å². The largest absolute Gasteiger partial charge is 0.451 e. The highest BCUT2D eigenvalue weighted by molar-refractivity contribution is 7.82. The Labute approximate surface area is 91.2 Å². The molecule has 1 unspecified atom stereocenters. The van der Waals surface area contributed by atoms with Crippen molar-refractivity contribution in [3.8, 4) is 0 Å². The number of rotatable bonds is 5. The second-order valence-electron chi connectivity index (χ2n) is 3.56. The van der Waals surface area contributed by atoms with Crippen molar-refractivity contribution >= 4 is 31.2 Å². The van der Waals surface area contributed by atoms with Crippen LogP contribution in [0.25, 0.3) is 0 Å². The maximum Gasteiger partial charge on any atom is 0.322 e. The Morgan fingerprint density at radius 1 is 1.54 bits per heavy atom. The summed E-state index contributed by atoms with van der Waals surface area (Å²) in [6.45, 7) is 5.50. The van der Waals surface area contributed by atoms with E-state index in [1.807, 2.05) is 0 Å². The molecule has 0 N–H and O–H groups in total. The fourth-order valence-electron chi connectivity index (χ4n) is 0.705. The Bertz CT molecular complexity index is 163. The van der Waals surface area contributed by atoms with E-state index in [2.05, 4.69) is 32.2 Å². The summed E-state index contributed by atoms with van der Waals surface area (Å²) in [4.78, 5) is 11.3. The van der Waals surface area contributed by atoms with Crippen molar-refractivity contribution in [1.82, 2.24) is 0 Å². The van der Waals surface area contributed by atoms with Crippen molar-refractivity contribution in [2.24, 2.45) is 0 Å². The first-order valence-electron chi connectivity index (χ1n) is 4.49. The van der Waals surface area contributed by atoms with Crippen LogP contribution in [0.5, 0.6) is 0 Å². The Morgan fingerprint density at radius 3 is 2.46 bits per heavy atom. The number of carbonyl (C=O) groups excluding carboxylic acids is 1. The molecule has 4 heteroatoms. The summed E-state index contributed by atoms with van der Waals surface area (Å²) < 4.78 is 4.34. The summed E-state index contributed by atoms with van der Waals surface area (Å²) in [5, 5.41) is 0. The number of hydrogen-bond acceptors (Lipinski definition) is 4. The minimum Gasteiger partial charge on any atom is -0.451 e. The molecular formula is C9H18O2S2. The molecule has 0 aliphatic heterocycles. The summed E-state index contributed by atoms with van der Waals surface area (Å²) in [6.07, 6.45) is 2.91. The van der Waals surface area contributed by atoms with Gasteiger partial charge in [-0.3, -0.25) is 4.79 Å². The Hall–Kier alpha value is 0.170. The van der Waals surface area contributed by atoms with Crippen LogP contribution in [0.1, 0.15) is 40.0 Å². The lowest BCUT2D eigenvalue weighted by atomic mass is 10.2. The lowest BCUT2D eigenvalue weighted by Gasteiger charge is -2.19. The van der Waals surface area contributed by atoms with E-state index in [1.165, 1.54) is 0 Å². The van der Waals surface area contributed by atoms with Crippen LogP contribution in [0.4, 0.5) is 0 Å². The molecule has 0 amide bonds. The van der Waals surface area contributed by atoms with Crippen molar-refractivity contribution in [3.63, 3.8) is 0 Å². The van der Waals surface area contributed by atoms with Crippen molar-refractivity contribution < 1.29 is 9.53 Å². The van der Waals surface area contributed by atoms with Gasteiger partial charge >= 0.3 is 5.97 Å². The van der Waals surface area contributed by atoms with Crippen molar-refractivity contribution in [2.45, 2.75) is 50.2 Å². The molecular weight excluding hydrogens is 204 g/mol. The zero-order valence-corrected chi connectivity index (χ0v) is 10.2. The summed E-state index contributed by atoms with van der Waals surface area (Å²) >= 11 is 8.27. The summed E-state index contributed by atoms with van der Waals surface area (Å²) in [5.74, 6) is -0.313. The molecule has 0 rings (SSSR count). The quantitative estimate of drug-likeness (QED) is 0.425. The number of esters is 1. The number of unbranched alkanes of at least 4 members (excludes halogenated alkanes) is 1. The molecule has 0 bridgehead atoms. The molecule has 0 saturated carbocycles. The number of thiol groups is 2. The Balaban J connectivity index is 3.79. The Morgan fingerprint density at radius 2 is 2.08 bits per heavy atom. The topological polar surface area (TPSA) is 26.3 Å². The number of hydrogen-bond donors (Lipinski definition) is 2. The number of ether oxygens (including phenoxy) is 1. The molecule has 0 aromatic rings. The van der Waals surface area contributed by atoms with Crippen LogP contribution in [-0.4, -0.2) is 16.2 Å². The fraction of sp³-hybridized carbons (Fsp3) is 0.889. The highest BCUT2D eigenvalue weighted by Gasteiger charge is 2.25. The SMILES string of the molecule is CCCCC(S)OC(=O)C(C)(C)S. The van der Waals surface area contributed by atoms with Gasteiger partial charge in [0.25, 0.3) is 0 Å².